The van der Waals surface area contributed by atoms with Gasteiger partial charge in [-0.3, -0.25) is 4.90 Å². The molecule has 0 saturated carbocycles. The van der Waals surface area contributed by atoms with Gasteiger partial charge in [0, 0.05) is 25.0 Å². The lowest BCUT2D eigenvalue weighted by Crippen LogP contribution is -2.35. The quantitative estimate of drug-likeness (QED) is 0.862. The van der Waals surface area contributed by atoms with Gasteiger partial charge >= 0.3 is 5.63 Å². The highest BCUT2D eigenvalue weighted by atomic mass is 35.5. The summed E-state index contributed by atoms with van der Waals surface area (Å²) in [6.07, 6.45) is 0. The van der Waals surface area contributed by atoms with Crippen molar-refractivity contribution >= 4 is 22.6 Å². The molecule has 0 bridgehead atoms. The van der Waals surface area contributed by atoms with Crippen molar-refractivity contribution in [2.24, 2.45) is 0 Å². The van der Waals surface area contributed by atoms with Crippen LogP contribution in [-0.2, 0) is 11.3 Å². The fourth-order valence-corrected chi connectivity index (χ4v) is 2.71. The van der Waals surface area contributed by atoms with Gasteiger partial charge in [-0.15, -0.1) is 0 Å². The average Bonchev–Trinajstić information content (AvgIpc) is 2.49. The van der Waals surface area contributed by atoms with Crippen LogP contribution in [0.15, 0.2) is 21.3 Å². The fraction of sp³-hybridized carbons (Fsp3) is 0.400. The summed E-state index contributed by atoms with van der Waals surface area (Å²) in [5.74, 6) is 0.124. The molecule has 1 aliphatic heterocycles. The van der Waals surface area contributed by atoms with E-state index in [1.54, 1.807) is 19.1 Å². The Balaban J connectivity index is 2.12. The Kier molecular flexibility index (Phi) is 3.89. The normalized spacial score (nSPS) is 16.5. The zero-order valence-corrected chi connectivity index (χ0v) is 12.4. The van der Waals surface area contributed by atoms with Gasteiger partial charge in [-0.25, -0.2) is 4.79 Å². The third-order valence-corrected chi connectivity index (χ3v) is 4.27. The smallest absolute Gasteiger partial charge is 0.355 e. The van der Waals surface area contributed by atoms with E-state index in [2.05, 4.69) is 4.90 Å². The minimum absolute atomic E-state index is 0.0884. The number of aromatic hydroxyl groups is 1. The van der Waals surface area contributed by atoms with Crippen LogP contribution < -0.4 is 5.63 Å². The van der Waals surface area contributed by atoms with E-state index in [0.717, 1.165) is 18.5 Å². The zero-order valence-electron chi connectivity index (χ0n) is 11.7. The van der Waals surface area contributed by atoms with E-state index in [1.807, 2.05) is 0 Å². The molecule has 1 fully saturated rings. The topological polar surface area (TPSA) is 62.9 Å². The highest BCUT2D eigenvalue weighted by Gasteiger charge is 2.19. The summed E-state index contributed by atoms with van der Waals surface area (Å²) in [6.45, 7) is 5.19. The largest absolute Gasteiger partial charge is 0.507 e. The van der Waals surface area contributed by atoms with Crippen LogP contribution in [0.25, 0.3) is 11.0 Å². The number of phenols is 1. The van der Waals surface area contributed by atoms with Gasteiger partial charge in [-0.1, -0.05) is 11.6 Å². The zero-order chi connectivity index (χ0) is 15.0. The van der Waals surface area contributed by atoms with Gasteiger partial charge in [0.2, 0.25) is 0 Å². The Bertz CT molecular complexity index is 735. The summed E-state index contributed by atoms with van der Waals surface area (Å²) in [5, 5.41) is 11.0. The molecular formula is C15H16ClNO4. The molecule has 0 unspecified atom stereocenters. The lowest BCUT2D eigenvalue weighted by atomic mass is 10.1. The molecule has 3 rings (SSSR count). The fourth-order valence-electron chi connectivity index (χ4n) is 2.57. The molecule has 1 N–H and O–H groups in total. The van der Waals surface area contributed by atoms with Crippen LogP contribution in [0.3, 0.4) is 0 Å². The van der Waals surface area contributed by atoms with Crippen LogP contribution in [0.2, 0.25) is 5.02 Å². The number of phenolic OH excluding ortho intramolecular Hbond substituents is 1. The van der Waals surface area contributed by atoms with Crippen molar-refractivity contribution in [1.82, 2.24) is 4.90 Å². The number of nitrogens with zero attached hydrogens (tertiary/aromatic N) is 1. The molecule has 2 heterocycles. The lowest BCUT2D eigenvalue weighted by molar-refractivity contribution is 0.0339. The molecule has 21 heavy (non-hydrogen) atoms. The molecule has 1 saturated heterocycles. The lowest BCUT2D eigenvalue weighted by Gasteiger charge is -2.27. The van der Waals surface area contributed by atoms with Crippen LogP contribution in [0.5, 0.6) is 5.75 Å². The van der Waals surface area contributed by atoms with Crippen molar-refractivity contribution < 1.29 is 14.3 Å². The molecule has 112 valence electrons. The number of hydrogen-bond acceptors (Lipinski definition) is 5. The van der Waals surface area contributed by atoms with Crippen molar-refractivity contribution in [2.45, 2.75) is 13.5 Å². The second-order valence-electron chi connectivity index (χ2n) is 5.16. The number of ether oxygens (including phenoxy) is 1. The maximum atomic E-state index is 11.8. The van der Waals surface area contributed by atoms with Gasteiger partial charge in [0.25, 0.3) is 0 Å². The van der Waals surface area contributed by atoms with Crippen LogP contribution in [-0.4, -0.2) is 36.3 Å². The summed E-state index contributed by atoms with van der Waals surface area (Å²) in [7, 11) is 0. The standard InChI is InChI=1S/C15H16ClNO4/c1-9-10-2-3-12(18)11(8-17-4-6-20-7-5-17)14(10)21-15(19)13(9)16/h2-3,18H,4-8H2,1H3. The van der Waals surface area contributed by atoms with Crippen LogP contribution in [0.1, 0.15) is 11.1 Å². The molecule has 1 aliphatic rings. The van der Waals surface area contributed by atoms with Gasteiger partial charge in [-0.05, 0) is 24.6 Å². The van der Waals surface area contributed by atoms with Crippen molar-refractivity contribution in [3.63, 3.8) is 0 Å². The van der Waals surface area contributed by atoms with E-state index < -0.39 is 5.63 Å². The van der Waals surface area contributed by atoms with E-state index in [1.165, 1.54) is 0 Å². The number of hydrogen-bond donors (Lipinski definition) is 1. The summed E-state index contributed by atoms with van der Waals surface area (Å²) < 4.78 is 10.6. The third kappa shape index (κ3) is 2.64. The summed E-state index contributed by atoms with van der Waals surface area (Å²) in [6, 6.07) is 3.33. The van der Waals surface area contributed by atoms with E-state index in [0.29, 0.717) is 36.5 Å². The Morgan fingerprint density at radius 1 is 1.33 bits per heavy atom. The number of fused-ring (bicyclic) bond motifs is 1. The molecule has 1 aromatic carbocycles. The van der Waals surface area contributed by atoms with Gasteiger partial charge in [-0.2, -0.15) is 0 Å². The Hall–Kier alpha value is -1.56. The molecule has 0 radical (unpaired) electrons. The van der Waals surface area contributed by atoms with E-state index in [4.69, 9.17) is 20.8 Å². The van der Waals surface area contributed by atoms with E-state index in [9.17, 15) is 9.90 Å². The first-order valence-corrected chi connectivity index (χ1v) is 7.19. The third-order valence-electron chi connectivity index (χ3n) is 3.83. The first-order valence-electron chi connectivity index (χ1n) is 6.82. The van der Waals surface area contributed by atoms with Gasteiger partial charge in [0.05, 0.1) is 18.8 Å². The highest BCUT2D eigenvalue weighted by Crippen LogP contribution is 2.31. The summed E-state index contributed by atoms with van der Waals surface area (Å²) in [4.78, 5) is 14.0. The number of halogens is 1. The number of benzene rings is 1. The Morgan fingerprint density at radius 3 is 2.76 bits per heavy atom. The molecule has 0 amide bonds. The number of rotatable bonds is 2. The second-order valence-corrected chi connectivity index (χ2v) is 5.53. The van der Waals surface area contributed by atoms with Crippen molar-refractivity contribution in [3.8, 4) is 5.75 Å². The molecule has 5 nitrogen and oxygen atoms in total. The molecule has 2 aromatic rings. The van der Waals surface area contributed by atoms with Crippen LogP contribution in [0.4, 0.5) is 0 Å². The van der Waals surface area contributed by atoms with Gasteiger partial charge in [0.1, 0.15) is 16.4 Å². The second kappa shape index (κ2) is 5.67. The van der Waals surface area contributed by atoms with Crippen molar-refractivity contribution in [3.05, 3.63) is 38.7 Å². The first kappa shape index (κ1) is 14.4. The number of morpholine rings is 1. The summed E-state index contributed by atoms with van der Waals surface area (Å²) in [5.41, 5.74) is 1.13. The van der Waals surface area contributed by atoms with E-state index >= 15 is 0 Å². The van der Waals surface area contributed by atoms with Crippen LogP contribution >= 0.6 is 11.6 Å². The van der Waals surface area contributed by atoms with Crippen molar-refractivity contribution in [2.75, 3.05) is 26.3 Å². The SMILES string of the molecule is Cc1c(Cl)c(=O)oc2c(CN3CCOCC3)c(O)ccc12. The Morgan fingerprint density at radius 2 is 2.05 bits per heavy atom. The van der Waals surface area contributed by atoms with Gasteiger partial charge < -0.3 is 14.3 Å². The number of aryl methyl sites for hydroxylation is 1. The molecule has 1 aromatic heterocycles. The first-order chi connectivity index (χ1) is 10.1. The Labute approximate surface area is 126 Å². The van der Waals surface area contributed by atoms with Gasteiger partial charge in [0.15, 0.2) is 0 Å². The maximum absolute atomic E-state index is 11.8. The summed E-state index contributed by atoms with van der Waals surface area (Å²) >= 11 is 5.94. The maximum Gasteiger partial charge on any atom is 0.355 e. The molecule has 0 aliphatic carbocycles. The predicted molar refractivity (Wildman–Crippen MR) is 80.0 cm³/mol. The molecule has 0 atom stereocenters. The molecule has 6 heteroatoms. The predicted octanol–water partition coefficient (Wildman–Crippen LogP) is 2.29. The molecule has 0 spiro atoms. The minimum atomic E-state index is -0.574. The van der Waals surface area contributed by atoms with Crippen molar-refractivity contribution in [1.29, 1.82) is 0 Å². The average molecular weight is 310 g/mol. The monoisotopic (exact) mass is 309 g/mol. The van der Waals surface area contributed by atoms with Crippen LogP contribution in [0, 0.1) is 6.92 Å². The van der Waals surface area contributed by atoms with E-state index in [-0.39, 0.29) is 10.8 Å². The molecular weight excluding hydrogens is 294 g/mol. The minimum Gasteiger partial charge on any atom is -0.507 e. The highest BCUT2D eigenvalue weighted by molar-refractivity contribution is 6.31.